The maximum atomic E-state index is 12.6. The summed E-state index contributed by atoms with van der Waals surface area (Å²) >= 11 is 0. The van der Waals surface area contributed by atoms with Gasteiger partial charge in [0.1, 0.15) is 6.04 Å². The molecule has 1 heterocycles. The van der Waals surface area contributed by atoms with Crippen molar-refractivity contribution in [3.8, 4) is 0 Å². The van der Waals surface area contributed by atoms with E-state index in [-0.39, 0.29) is 11.9 Å². The van der Waals surface area contributed by atoms with Crippen molar-refractivity contribution in [3.05, 3.63) is 41.5 Å². The number of carbonyl (C=O) groups is 2. The van der Waals surface area contributed by atoms with Crippen molar-refractivity contribution >= 4 is 17.6 Å². The molecule has 0 radical (unpaired) electrons. The monoisotopic (exact) mass is 287 g/mol. The van der Waals surface area contributed by atoms with Crippen LogP contribution in [0, 0.1) is 13.8 Å². The van der Waals surface area contributed by atoms with Gasteiger partial charge in [-0.2, -0.15) is 0 Å². The average molecular weight is 287 g/mol. The Kier molecular flexibility index (Phi) is 4.78. The molecule has 4 nitrogen and oxygen atoms in total. The van der Waals surface area contributed by atoms with Gasteiger partial charge in [-0.15, -0.1) is 0 Å². The van der Waals surface area contributed by atoms with E-state index < -0.39 is 6.04 Å². The number of anilines is 1. The number of amides is 1. The Balaban J connectivity index is 2.47. The highest BCUT2D eigenvalue weighted by Gasteiger charge is 2.36. The van der Waals surface area contributed by atoms with E-state index in [9.17, 15) is 9.59 Å². The van der Waals surface area contributed by atoms with Gasteiger partial charge >= 0.3 is 5.97 Å². The van der Waals surface area contributed by atoms with E-state index in [0.29, 0.717) is 13.0 Å². The number of benzene rings is 1. The van der Waals surface area contributed by atoms with Crippen LogP contribution in [0.5, 0.6) is 0 Å². The van der Waals surface area contributed by atoms with Crippen LogP contribution < -0.4 is 4.90 Å². The number of cyclic esters (lactones) is 1. The quantitative estimate of drug-likeness (QED) is 0.632. The fourth-order valence-corrected chi connectivity index (χ4v) is 2.62. The molecule has 1 atom stereocenters. The number of carbonyl (C=O) groups excluding carboxylic acids is 2. The number of hydrogen-bond donors (Lipinski definition) is 0. The van der Waals surface area contributed by atoms with E-state index in [2.05, 4.69) is 0 Å². The first-order valence-corrected chi connectivity index (χ1v) is 7.28. The Bertz CT molecular complexity index is 557. The molecule has 0 aliphatic carbocycles. The minimum absolute atomic E-state index is 0.168. The van der Waals surface area contributed by atoms with Gasteiger partial charge in [0.05, 0.1) is 12.3 Å². The van der Waals surface area contributed by atoms with Gasteiger partial charge < -0.3 is 4.74 Å². The minimum Gasteiger partial charge on any atom is -0.464 e. The Morgan fingerprint density at radius 1 is 1.38 bits per heavy atom. The summed E-state index contributed by atoms with van der Waals surface area (Å²) < 4.78 is 5.05. The molecular weight excluding hydrogens is 266 g/mol. The Morgan fingerprint density at radius 2 is 2.05 bits per heavy atom. The first kappa shape index (κ1) is 15.3. The smallest absolute Gasteiger partial charge is 0.329 e. The van der Waals surface area contributed by atoms with Crippen LogP contribution in [0.3, 0.4) is 0 Å². The van der Waals surface area contributed by atoms with Gasteiger partial charge in [-0.3, -0.25) is 9.69 Å². The Hall–Kier alpha value is -2.10. The summed E-state index contributed by atoms with van der Waals surface area (Å²) in [7, 11) is 0. The van der Waals surface area contributed by atoms with Gasteiger partial charge in [0, 0.05) is 6.42 Å². The number of allylic oxidation sites excluding steroid dienone is 1. The molecule has 1 unspecified atom stereocenters. The molecule has 0 saturated carbocycles. The molecule has 1 amide bonds. The summed E-state index contributed by atoms with van der Waals surface area (Å²) in [6.45, 7) is 6.24. The molecule has 1 aliphatic heterocycles. The van der Waals surface area contributed by atoms with E-state index in [4.69, 9.17) is 4.74 Å². The maximum Gasteiger partial charge on any atom is 0.329 e. The SMILES string of the molecule is CCC=CC(=O)N(c1c(C)cccc1C)C1CCOC1=O. The van der Waals surface area contributed by atoms with Crippen molar-refractivity contribution in [2.75, 3.05) is 11.5 Å². The van der Waals surface area contributed by atoms with E-state index in [0.717, 1.165) is 23.2 Å². The predicted octanol–water partition coefficient (Wildman–Crippen LogP) is 2.92. The summed E-state index contributed by atoms with van der Waals surface area (Å²) in [5.41, 5.74) is 2.77. The van der Waals surface area contributed by atoms with Crippen LogP contribution in [-0.2, 0) is 14.3 Å². The number of ether oxygens (including phenoxy) is 1. The van der Waals surface area contributed by atoms with Gasteiger partial charge in [-0.25, -0.2) is 4.79 Å². The number of rotatable bonds is 4. The van der Waals surface area contributed by atoms with Crippen molar-refractivity contribution in [3.63, 3.8) is 0 Å². The van der Waals surface area contributed by atoms with Crippen LogP contribution in [0.1, 0.15) is 30.9 Å². The summed E-state index contributed by atoms with van der Waals surface area (Å²) in [6.07, 6.45) is 4.67. The second-order valence-electron chi connectivity index (χ2n) is 5.23. The van der Waals surface area contributed by atoms with Gasteiger partial charge in [0.15, 0.2) is 0 Å². The van der Waals surface area contributed by atoms with Crippen LogP contribution >= 0.6 is 0 Å². The van der Waals surface area contributed by atoms with Crippen LogP contribution in [0.2, 0.25) is 0 Å². The number of hydrogen-bond acceptors (Lipinski definition) is 3. The molecule has 1 fully saturated rings. The number of esters is 1. The molecule has 4 heteroatoms. The van der Waals surface area contributed by atoms with Crippen molar-refractivity contribution in [2.45, 2.75) is 39.7 Å². The fraction of sp³-hybridized carbons (Fsp3) is 0.412. The number of nitrogens with zero attached hydrogens (tertiary/aromatic N) is 1. The van der Waals surface area contributed by atoms with E-state index >= 15 is 0 Å². The van der Waals surface area contributed by atoms with Crippen LogP contribution in [0.15, 0.2) is 30.4 Å². The molecular formula is C17H21NO3. The second kappa shape index (κ2) is 6.57. The molecule has 0 spiro atoms. The first-order valence-electron chi connectivity index (χ1n) is 7.28. The lowest BCUT2D eigenvalue weighted by atomic mass is 10.0. The van der Waals surface area contributed by atoms with Crippen molar-refractivity contribution in [1.29, 1.82) is 0 Å². The zero-order chi connectivity index (χ0) is 15.4. The Labute approximate surface area is 125 Å². The average Bonchev–Trinajstić information content (AvgIpc) is 2.86. The zero-order valence-corrected chi connectivity index (χ0v) is 12.8. The van der Waals surface area contributed by atoms with Gasteiger partial charge in [0.25, 0.3) is 5.91 Å². The summed E-state index contributed by atoms with van der Waals surface area (Å²) in [5, 5.41) is 0. The third-order valence-electron chi connectivity index (χ3n) is 3.63. The molecule has 0 aromatic heterocycles. The van der Waals surface area contributed by atoms with Crippen LogP contribution in [0.25, 0.3) is 0 Å². The molecule has 112 valence electrons. The van der Waals surface area contributed by atoms with Crippen molar-refractivity contribution < 1.29 is 14.3 Å². The van der Waals surface area contributed by atoms with E-state index in [1.807, 2.05) is 45.0 Å². The molecule has 2 rings (SSSR count). The molecule has 21 heavy (non-hydrogen) atoms. The summed E-state index contributed by atoms with van der Waals surface area (Å²) in [4.78, 5) is 26.1. The highest BCUT2D eigenvalue weighted by molar-refractivity contribution is 6.06. The van der Waals surface area contributed by atoms with Crippen LogP contribution in [-0.4, -0.2) is 24.5 Å². The highest BCUT2D eigenvalue weighted by atomic mass is 16.5. The Morgan fingerprint density at radius 3 is 2.57 bits per heavy atom. The third kappa shape index (κ3) is 3.15. The topological polar surface area (TPSA) is 46.6 Å². The largest absolute Gasteiger partial charge is 0.464 e. The van der Waals surface area contributed by atoms with E-state index in [1.165, 1.54) is 6.08 Å². The lowest BCUT2D eigenvalue weighted by molar-refractivity contribution is -0.139. The van der Waals surface area contributed by atoms with Crippen LogP contribution in [0.4, 0.5) is 5.69 Å². The summed E-state index contributed by atoms with van der Waals surface area (Å²) in [5.74, 6) is -0.492. The second-order valence-corrected chi connectivity index (χ2v) is 5.23. The molecule has 1 aromatic rings. The van der Waals surface area contributed by atoms with Gasteiger partial charge in [-0.05, 0) is 37.5 Å². The molecule has 0 N–H and O–H groups in total. The predicted molar refractivity (Wildman–Crippen MR) is 82.2 cm³/mol. The maximum absolute atomic E-state index is 12.6. The lowest BCUT2D eigenvalue weighted by Gasteiger charge is -2.28. The molecule has 0 bridgehead atoms. The highest BCUT2D eigenvalue weighted by Crippen LogP contribution is 2.29. The number of para-hydroxylation sites is 1. The molecule has 1 aliphatic rings. The third-order valence-corrected chi connectivity index (χ3v) is 3.63. The van der Waals surface area contributed by atoms with E-state index in [1.54, 1.807) is 4.90 Å². The number of aryl methyl sites for hydroxylation is 2. The fourth-order valence-electron chi connectivity index (χ4n) is 2.62. The van der Waals surface area contributed by atoms with Crippen molar-refractivity contribution in [1.82, 2.24) is 0 Å². The zero-order valence-electron chi connectivity index (χ0n) is 12.8. The standard InChI is InChI=1S/C17H21NO3/c1-4-5-9-15(19)18(14-10-11-21-17(14)20)16-12(2)7-6-8-13(16)3/h5-9,14H,4,10-11H2,1-3H3. The lowest BCUT2D eigenvalue weighted by Crippen LogP contribution is -2.43. The minimum atomic E-state index is -0.529. The molecule has 1 aromatic carbocycles. The van der Waals surface area contributed by atoms with Gasteiger partial charge in [0.2, 0.25) is 0 Å². The van der Waals surface area contributed by atoms with Gasteiger partial charge in [-0.1, -0.05) is 31.2 Å². The summed E-state index contributed by atoms with van der Waals surface area (Å²) in [6, 6.07) is 5.32. The van der Waals surface area contributed by atoms with Crippen molar-refractivity contribution in [2.24, 2.45) is 0 Å². The first-order chi connectivity index (χ1) is 10.1. The molecule has 1 saturated heterocycles. The normalized spacial score (nSPS) is 18.0.